The van der Waals surface area contributed by atoms with Gasteiger partial charge in [-0.05, 0) is 12.8 Å². The summed E-state index contributed by atoms with van der Waals surface area (Å²) in [5.41, 5.74) is 0. The van der Waals surface area contributed by atoms with Crippen molar-refractivity contribution in [1.29, 1.82) is 0 Å². The standard InChI is InChI=1S/C11H26N4O2S.HI/c1-5-6-10-15(3)11(12-2)13-8-7-9-14-18(4,16)17;/h14H,5-10H2,1-4H3,(H,12,13);1H. The van der Waals surface area contributed by atoms with E-state index in [9.17, 15) is 8.42 Å². The van der Waals surface area contributed by atoms with Gasteiger partial charge in [0.25, 0.3) is 0 Å². The van der Waals surface area contributed by atoms with E-state index in [0.717, 1.165) is 38.0 Å². The number of aliphatic imine (C=N–C) groups is 1. The number of nitrogens with one attached hydrogen (secondary N) is 2. The minimum atomic E-state index is -3.08. The van der Waals surface area contributed by atoms with Gasteiger partial charge in [0.05, 0.1) is 6.26 Å². The fourth-order valence-corrected chi connectivity index (χ4v) is 1.95. The molecule has 0 aromatic rings. The van der Waals surface area contributed by atoms with Gasteiger partial charge in [0.2, 0.25) is 10.0 Å². The Hall–Kier alpha value is -0.0900. The van der Waals surface area contributed by atoms with Gasteiger partial charge in [-0.2, -0.15) is 0 Å². The van der Waals surface area contributed by atoms with Gasteiger partial charge in [-0.1, -0.05) is 13.3 Å². The number of nitrogens with zero attached hydrogens (tertiary/aromatic N) is 2. The maximum atomic E-state index is 10.8. The summed E-state index contributed by atoms with van der Waals surface area (Å²) in [6, 6.07) is 0. The van der Waals surface area contributed by atoms with Gasteiger partial charge in [0.1, 0.15) is 0 Å². The molecular weight excluding hydrogens is 379 g/mol. The first-order valence-corrected chi connectivity index (χ1v) is 8.16. The Morgan fingerprint density at radius 3 is 2.37 bits per heavy atom. The van der Waals surface area contributed by atoms with Crippen LogP contribution in [0.3, 0.4) is 0 Å². The molecule has 0 saturated heterocycles. The Labute approximate surface area is 134 Å². The molecule has 0 rings (SSSR count). The second kappa shape index (κ2) is 11.7. The van der Waals surface area contributed by atoms with Crippen LogP contribution in [0.25, 0.3) is 0 Å². The first kappa shape index (κ1) is 21.2. The number of unbranched alkanes of at least 4 members (excludes halogenated alkanes) is 1. The SMILES string of the molecule is CCCCN(C)C(=NC)NCCCNS(C)(=O)=O.I. The van der Waals surface area contributed by atoms with E-state index in [1.807, 2.05) is 7.05 Å². The maximum absolute atomic E-state index is 10.8. The number of guanidine groups is 1. The van der Waals surface area contributed by atoms with E-state index in [2.05, 4.69) is 26.9 Å². The van der Waals surface area contributed by atoms with E-state index in [1.54, 1.807) is 7.05 Å². The molecule has 0 aliphatic heterocycles. The molecule has 0 aromatic carbocycles. The van der Waals surface area contributed by atoms with E-state index in [4.69, 9.17) is 0 Å². The molecule has 6 nitrogen and oxygen atoms in total. The molecule has 0 fully saturated rings. The molecule has 116 valence electrons. The highest BCUT2D eigenvalue weighted by atomic mass is 127. The van der Waals surface area contributed by atoms with Crippen molar-refractivity contribution >= 4 is 40.0 Å². The van der Waals surface area contributed by atoms with Crippen LogP contribution in [0.15, 0.2) is 4.99 Å². The average Bonchev–Trinajstić information content (AvgIpc) is 2.29. The zero-order valence-electron chi connectivity index (χ0n) is 12.3. The summed E-state index contributed by atoms with van der Waals surface area (Å²) < 4.78 is 24.2. The van der Waals surface area contributed by atoms with Gasteiger partial charge in [0, 0.05) is 33.7 Å². The molecule has 0 aliphatic carbocycles. The predicted octanol–water partition coefficient (Wildman–Crippen LogP) is 0.851. The highest BCUT2D eigenvalue weighted by Crippen LogP contribution is 1.92. The second-order valence-corrected chi connectivity index (χ2v) is 6.10. The lowest BCUT2D eigenvalue weighted by Crippen LogP contribution is -2.40. The van der Waals surface area contributed by atoms with Gasteiger partial charge < -0.3 is 10.2 Å². The summed E-state index contributed by atoms with van der Waals surface area (Å²) in [6.45, 7) is 4.27. The molecule has 0 radical (unpaired) electrons. The Bertz CT molecular complexity index is 347. The summed E-state index contributed by atoms with van der Waals surface area (Å²) in [4.78, 5) is 6.26. The smallest absolute Gasteiger partial charge is 0.208 e. The van der Waals surface area contributed by atoms with Gasteiger partial charge in [0.15, 0.2) is 5.96 Å². The number of rotatable bonds is 8. The van der Waals surface area contributed by atoms with E-state index in [-0.39, 0.29) is 24.0 Å². The molecule has 19 heavy (non-hydrogen) atoms. The first-order valence-electron chi connectivity index (χ1n) is 6.27. The van der Waals surface area contributed by atoms with Gasteiger partial charge in [-0.25, -0.2) is 13.1 Å². The highest BCUT2D eigenvalue weighted by molar-refractivity contribution is 14.0. The Kier molecular flexibility index (Phi) is 13.1. The van der Waals surface area contributed by atoms with Crippen molar-refractivity contribution in [3.05, 3.63) is 0 Å². The zero-order valence-corrected chi connectivity index (χ0v) is 15.4. The Morgan fingerprint density at radius 1 is 1.26 bits per heavy atom. The predicted molar refractivity (Wildman–Crippen MR) is 91.8 cm³/mol. The summed E-state index contributed by atoms with van der Waals surface area (Å²) in [5.74, 6) is 0.850. The Morgan fingerprint density at radius 2 is 1.89 bits per heavy atom. The third kappa shape index (κ3) is 12.7. The lowest BCUT2D eigenvalue weighted by Gasteiger charge is -2.21. The fraction of sp³-hybridized carbons (Fsp3) is 0.909. The lowest BCUT2D eigenvalue weighted by molar-refractivity contribution is 0.464. The largest absolute Gasteiger partial charge is 0.356 e. The molecule has 0 bridgehead atoms. The third-order valence-electron chi connectivity index (χ3n) is 2.42. The van der Waals surface area contributed by atoms with Crippen molar-refractivity contribution in [1.82, 2.24) is 14.9 Å². The highest BCUT2D eigenvalue weighted by Gasteiger charge is 2.04. The van der Waals surface area contributed by atoms with Crippen LogP contribution in [-0.4, -0.2) is 59.3 Å². The van der Waals surface area contributed by atoms with E-state index >= 15 is 0 Å². The summed E-state index contributed by atoms with van der Waals surface area (Å²) in [5, 5.41) is 3.21. The third-order valence-corrected chi connectivity index (χ3v) is 3.15. The van der Waals surface area contributed by atoms with Crippen molar-refractivity contribution in [2.75, 3.05) is 40.0 Å². The van der Waals surface area contributed by atoms with E-state index in [0.29, 0.717) is 13.1 Å². The molecule has 0 spiro atoms. The Balaban J connectivity index is 0. The molecule has 0 amide bonds. The fourth-order valence-electron chi connectivity index (χ4n) is 1.43. The van der Waals surface area contributed by atoms with Crippen LogP contribution in [-0.2, 0) is 10.0 Å². The molecule has 0 atom stereocenters. The molecule has 0 saturated carbocycles. The summed E-state index contributed by atoms with van der Waals surface area (Å²) >= 11 is 0. The van der Waals surface area contributed by atoms with Crippen molar-refractivity contribution in [2.45, 2.75) is 26.2 Å². The lowest BCUT2D eigenvalue weighted by atomic mass is 10.3. The van der Waals surface area contributed by atoms with Crippen LogP contribution in [0.2, 0.25) is 0 Å². The van der Waals surface area contributed by atoms with Crippen molar-refractivity contribution in [2.24, 2.45) is 4.99 Å². The summed E-state index contributed by atoms with van der Waals surface area (Å²) in [6.07, 6.45) is 4.18. The number of hydrogen-bond donors (Lipinski definition) is 2. The van der Waals surface area contributed by atoms with Crippen molar-refractivity contribution in [3.8, 4) is 0 Å². The summed E-state index contributed by atoms with van der Waals surface area (Å²) in [7, 11) is 0.672. The molecule has 0 heterocycles. The average molecular weight is 406 g/mol. The quantitative estimate of drug-likeness (QED) is 0.271. The number of hydrogen-bond acceptors (Lipinski definition) is 3. The molecule has 0 unspecified atom stereocenters. The second-order valence-electron chi connectivity index (χ2n) is 4.27. The van der Waals surface area contributed by atoms with Crippen molar-refractivity contribution in [3.63, 3.8) is 0 Å². The topological polar surface area (TPSA) is 73.8 Å². The van der Waals surface area contributed by atoms with Crippen LogP contribution in [0.4, 0.5) is 0 Å². The first-order chi connectivity index (χ1) is 8.40. The minimum Gasteiger partial charge on any atom is -0.356 e. The molecule has 8 heteroatoms. The molecule has 0 aliphatic rings. The van der Waals surface area contributed by atoms with E-state index in [1.165, 1.54) is 0 Å². The van der Waals surface area contributed by atoms with Crippen LogP contribution in [0.5, 0.6) is 0 Å². The van der Waals surface area contributed by atoms with Crippen LogP contribution < -0.4 is 10.0 Å². The van der Waals surface area contributed by atoms with E-state index < -0.39 is 10.0 Å². The maximum Gasteiger partial charge on any atom is 0.208 e. The number of halogens is 1. The van der Waals surface area contributed by atoms with Gasteiger partial charge in [-0.15, -0.1) is 24.0 Å². The van der Waals surface area contributed by atoms with Crippen LogP contribution in [0.1, 0.15) is 26.2 Å². The zero-order chi connectivity index (χ0) is 14.0. The molecular formula is C11H27IN4O2S. The monoisotopic (exact) mass is 406 g/mol. The van der Waals surface area contributed by atoms with Gasteiger partial charge >= 0.3 is 0 Å². The molecule has 0 aromatic heterocycles. The normalized spacial score (nSPS) is 11.9. The van der Waals surface area contributed by atoms with Crippen LogP contribution in [0, 0.1) is 0 Å². The van der Waals surface area contributed by atoms with Crippen LogP contribution >= 0.6 is 24.0 Å². The van der Waals surface area contributed by atoms with Gasteiger partial charge in [-0.3, -0.25) is 4.99 Å². The van der Waals surface area contributed by atoms with Crippen molar-refractivity contribution < 1.29 is 8.42 Å². The minimum absolute atomic E-state index is 0. The molecule has 2 N–H and O–H groups in total. The number of sulfonamides is 1.